The van der Waals surface area contributed by atoms with Crippen LogP contribution in [0.25, 0.3) is 6.08 Å². The molecule has 0 saturated carbocycles. The number of rotatable bonds is 8. The first-order valence-corrected chi connectivity index (χ1v) is 9.89. The van der Waals surface area contributed by atoms with Gasteiger partial charge in [-0.25, -0.2) is 4.79 Å². The smallest absolute Gasteiger partial charge is 0.331 e. The normalized spacial score (nSPS) is 13.7. The topological polar surface area (TPSA) is 86.3 Å². The number of esters is 1. The standard InChI is InChI=1S/C23H26N2O6/c1-28-20-5-3-4-17(23(20)29-2)6-11-22(27)31-16-21(26)24-18-7-9-19(10-8-18)25-12-14-30-15-13-25/h3-11H,12-16H2,1-2H3,(H,24,26)/b11-6+. The van der Waals surface area contributed by atoms with Gasteiger partial charge in [0.15, 0.2) is 18.1 Å². The monoisotopic (exact) mass is 426 g/mol. The fraction of sp³-hybridized carbons (Fsp3) is 0.304. The Labute approximate surface area is 181 Å². The Balaban J connectivity index is 1.48. The predicted molar refractivity (Wildman–Crippen MR) is 118 cm³/mol. The van der Waals surface area contributed by atoms with E-state index in [-0.39, 0.29) is 6.61 Å². The van der Waals surface area contributed by atoms with Gasteiger partial charge >= 0.3 is 5.97 Å². The lowest BCUT2D eigenvalue weighted by molar-refractivity contribution is -0.142. The molecule has 0 unspecified atom stereocenters. The Kier molecular flexibility index (Phi) is 7.89. The van der Waals surface area contributed by atoms with Gasteiger partial charge in [0, 0.05) is 36.1 Å². The highest BCUT2D eigenvalue weighted by Crippen LogP contribution is 2.31. The van der Waals surface area contributed by atoms with Gasteiger partial charge < -0.3 is 29.2 Å². The second kappa shape index (κ2) is 11.0. The van der Waals surface area contributed by atoms with Crippen molar-refractivity contribution in [3.8, 4) is 11.5 Å². The van der Waals surface area contributed by atoms with Crippen LogP contribution in [0.2, 0.25) is 0 Å². The van der Waals surface area contributed by atoms with E-state index in [1.54, 1.807) is 24.3 Å². The van der Waals surface area contributed by atoms with Gasteiger partial charge in [0.2, 0.25) is 0 Å². The van der Waals surface area contributed by atoms with Crippen LogP contribution in [-0.2, 0) is 19.1 Å². The third-order valence-corrected chi connectivity index (χ3v) is 4.71. The molecule has 2 aromatic rings. The van der Waals surface area contributed by atoms with E-state index in [0.29, 0.717) is 36.0 Å². The fourth-order valence-electron chi connectivity index (χ4n) is 3.16. The number of hydrogen-bond donors (Lipinski definition) is 1. The number of carbonyl (C=O) groups excluding carboxylic acids is 2. The quantitative estimate of drug-likeness (QED) is 0.513. The van der Waals surface area contributed by atoms with Crippen LogP contribution in [0.15, 0.2) is 48.5 Å². The zero-order valence-electron chi connectivity index (χ0n) is 17.6. The summed E-state index contributed by atoms with van der Waals surface area (Å²) >= 11 is 0. The average Bonchev–Trinajstić information content (AvgIpc) is 2.82. The maximum atomic E-state index is 12.1. The van der Waals surface area contributed by atoms with Crippen LogP contribution in [0.4, 0.5) is 11.4 Å². The molecule has 0 atom stereocenters. The molecule has 2 aromatic carbocycles. The summed E-state index contributed by atoms with van der Waals surface area (Å²) in [6.07, 6.45) is 2.79. The maximum absolute atomic E-state index is 12.1. The van der Waals surface area contributed by atoms with Gasteiger partial charge in [-0.15, -0.1) is 0 Å². The SMILES string of the molecule is COc1cccc(/C=C/C(=O)OCC(=O)Nc2ccc(N3CCOCC3)cc2)c1OC. The molecule has 1 fully saturated rings. The van der Waals surface area contributed by atoms with Gasteiger partial charge in [0.25, 0.3) is 5.91 Å². The lowest BCUT2D eigenvalue weighted by Gasteiger charge is -2.28. The number of nitrogens with zero attached hydrogens (tertiary/aromatic N) is 1. The summed E-state index contributed by atoms with van der Waals surface area (Å²) in [6, 6.07) is 12.8. The van der Waals surface area contributed by atoms with Crippen molar-refractivity contribution >= 4 is 29.3 Å². The van der Waals surface area contributed by atoms with Gasteiger partial charge in [0.05, 0.1) is 27.4 Å². The summed E-state index contributed by atoms with van der Waals surface area (Å²) in [7, 11) is 3.06. The molecule has 1 heterocycles. The Morgan fingerprint density at radius 2 is 1.81 bits per heavy atom. The molecule has 8 nitrogen and oxygen atoms in total. The summed E-state index contributed by atoms with van der Waals surface area (Å²) in [6.45, 7) is 2.73. The summed E-state index contributed by atoms with van der Waals surface area (Å²) in [5.74, 6) is 0.00637. The van der Waals surface area contributed by atoms with Crippen LogP contribution >= 0.6 is 0 Å². The van der Waals surface area contributed by atoms with Gasteiger partial charge in [-0.05, 0) is 36.4 Å². The van der Waals surface area contributed by atoms with Crippen LogP contribution in [0, 0.1) is 0 Å². The van der Waals surface area contributed by atoms with E-state index in [0.717, 1.165) is 18.8 Å². The minimum atomic E-state index is -0.636. The Morgan fingerprint density at radius 1 is 1.06 bits per heavy atom. The van der Waals surface area contributed by atoms with E-state index < -0.39 is 11.9 Å². The van der Waals surface area contributed by atoms with Gasteiger partial charge in [0.1, 0.15) is 0 Å². The van der Waals surface area contributed by atoms with Crippen molar-refractivity contribution in [3.63, 3.8) is 0 Å². The minimum absolute atomic E-state index is 0.385. The van der Waals surface area contributed by atoms with E-state index in [9.17, 15) is 9.59 Å². The number of hydrogen-bond acceptors (Lipinski definition) is 7. The van der Waals surface area contributed by atoms with Crippen molar-refractivity contribution < 1.29 is 28.5 Å². The molecule has 1 aliphatic rings. The summed E-state index contributed by atoms with van der Waals surface area (Å²) in [4.78, 5) is 26.3. The van der Waals surface area contributed by atoms with E-state index in [1.807, 2.05) is 24.3 Å². The molecule has 164 valence electrons. The Bertz CT molecular complexity index is 920. The maximum Gasteiger partial charge on any atom is 0.331 e. The highest BCUT2D eigenvalue weighted by molar-refractivity contribution is 5.95. The van der Waals surface area contributed by atoms with Crippen molar-refractivity contribution in [2.24, 2.45) is 0 Å². The number of methoxy groups -OCH3 is 2. The number of nitrogens with one attached hydrogen (secondary N) is 1. The molecule has 0 spiro atoms. The van der Waals surface area contributed by atoms with Crippen LogP contribution < -0.4 is 19.7 Å². The zero-order chi connectivity index (χ0) is 22.1. The number of benzene rings is 2. The zero-order valence-corrected chi connectivity index (χ0v) is 17.6. The second-order valence-electron chi connectivity index (χ2n) is 6.72. The van der Waals surface area contributed by atoms with Crippen molar-refractivity contribution in [1.29, 1.82) is 0 Å². The van der Waals surface area contributed by atoms with Gasteiger partial charge in [-0.1, -0.05) is 12.1 Å². The molecule has 0 aromatic heterocycles. The fourth-order valence-corrected chi connectivity index (χ4v) is 3.16. The highest BCUT2D eigenvalue weighted by Gasteiger charge is 2.12. The number of ether oxygens (including phenoxy) is 4. The van der Waals surface area contributed by atoms with Crippen molar-refractivity contribution in [1.82, 2.24) is 0 Å². The molecule has 1 saturated heterocycles. The molecular weight excluding hydrogens is 400 g/mol. The largest absolute Gasteiger partial charge is 0.493 e. The minimum Gasteiger partial charge on any atom is -0.493 e. The lowest BCUT2D eigenvalue weighted by atomic mass is 10.1. The summed E-state index contributed by atoms with van der Waals surface area (Å²) in [5.41, 5.74) is 2.36. The first-order valence-electron chi connectivity index (χ1n) is 9.89. The molecule has 1 amide bonds. The molecule has 0 bridgehead atoms. The lowest BCUT2D eigenvalue weighted by Crippen LogP contribution is -2.36. The molecule has 1 aliphatic heterocycles. The molecule has 0 aliphatic carbocycles. The molecule has 1 N–H and O–H groups in total. The molecule has 3 rings (SSSR count). The Hall–Kier alpha value is -3.52. The Morgan fingerprint density at radius 3 is 2.48 bits per heavy atom. The van der Waals surface area contributed by atoms with Gasteiger partial charge in [-0.3, -0.25) is 4.79 Å². The van der Waals surface area contributed by atoms with E-state index in [1.165, 1.54) is 20.3 Å². The van der Waals surface area contributed by atoms with E-state index in [4.69, 9.17) is 18.9 Å². The molecule has 31 heavy (non-hydrogen) atoms. The first kappa shape index (κ1) is 22.2. The highest BCUT2D eigenvalue weighted by atomic mass is 16.5. The van der Waals surface area contributed by atoms with Crippen LogP contribution in [0.3, 0.4) is 0 Å². The number of carbonyl (C=O) groups is 2. The number of morpholine rings is 1. The van der Waals surface area contributed by atoms with Crippen molar-refractivity contribution in [2.75, 3.05) is 57.3 Å². The van der Waals surface area contributed by atoms with E-state index in [2.05, 4.69) is 10.2 Å². The van der Waals surface area contributed by atoms with Crippen LogP contribution in [0.1, 0.15) is 5.56 Å². The number of anilines is 2. The van der Waals surface area contributed by atoms with Crippen LogP contribution in [-0.4, -0.2) is 59.0 Å². The first-order chi connectivity index (χ1) is 15.1. The van der Waals surface area contributed by atoms with Crippen molar-refractivity contribution in [3.05, 3.63) is 54.1 Å². The predicted octanol–water partition coefficient (Wildman–Crippen LogP) is 2.74. The summed E-state index contributed by atoms with van der Waals surface area (Å²) in [5, 5.41) is 2.71. The molecule has 8 heteroatoms. The van der Waals surface area contributed by atoms with Gasteiger partial charge in [-0.2, -0.15) is 0 Å². The second-order valence-corrected chi connectivity index (χ2v) is 6.72. The van der Waals surface area contributed by atoms with Crippen molar-refractivity contribution in [2.45, 2.75) is 0 Å². The molecular formula is C23H26N2O6. The number of amides is 1. The van der Waals surface area contributed by atoms with Crippen LogP contribution in [0.5, 0.6) is 11.5 Å². The van der Waals surface area contributed by atoms with E-state index >= 15 is 0 Å². The average molecular weight is 426 g/mol. The molecule has 0 radical (unpaired) electrons. The third kappa shape index (κ3) is 6.23. The summed E-state index contributed by atoms with van der Waals surface area (Å²) < 4.78 is 20.9. The number of para-hydroxylation sites is 1. The third-order valence-electron chi connectivity index (χ3n) is 4.71.